The maximum absolute atomic E-state index is 11.8. The van der Waals surface area contributed by atoms with Crippen molar-refractivity contribution in [2.24, 2.45) is 0 Å². The number of carbonyl (C=O) groups is 1. The standard InChI is InChI=1S/C16H14O2/c1-13(12-14-8-4-2-5-9-14)18-16(17)15-10-6-3-7-11-15/h2-12H,1H3. The molecule has 0 unspecified atom stereocenters. The van der Waals surface area contributed by atoms with Gasteiger partial charge in [-0.15, -0.1) is 0 Å². The molecule has 90 valence electrons. The lowest BCUT2D eigenvalue weighted by Gasteiger charge is -2.04. The van der Waals surface area contributed by atoms with Crippen molar-refractivity contribution in [1.29, 1.82) is 0 Å². The highest BCUT2D eigenvalue weighted by atomic mass is 16.5. The maximum atomic E-state index is 11.8. The van der Waals surface area contributed by atoms with Crippen molar-refractivity contribution >= 4 is 12.0 Å². The Morgan fingerprint density at radius 3 is 2.11 bits per heavy atom. The molecule has 2 rings (SSSR count). The molecule has 0 amide bonds. The smallest absolute Gasteiger partial charge is 0.343 e. The molecule has 0 N–H and O–H groups in total. The minimum Gasteiger partial charge on any atom is -0.428 e. The molecule has 0 heterocycles. The highest BCUT2D eigenvalue weighted by Crippen LogP contribution is 2.10. The van der Waals surface area contributed by atoms with Crippen LogP contribution in [0.2, 0.25) is 0 Å². The van der Waals surface area contributed by atoms with E-state index in [1.165, 1.54) is 0 Å². The van der Waals surface area contributed by atoms with Gasteiger partial charge in [-0.2, -0.15) is 0 Å². The Bertz CT molecular complexity index is 542. The fourth-order valence-corrected chi connectivity index (χ4v) is 1.59. The second kappa shape index (κ2) is 5.82. The molecule has 0 aliphatic rings. The number of benzene rings is 2. The van der Waals surface area contributed by atoms with Crippen LogP contribution in [-0.4, -0.2) is 5.97 Å². The first-order valence-corrected chi connectivity index (χ1v) is 5.76. The van der Waals surface area contributed by atoms with Gasteiger partial charge in [-0.1, -0.05) is 48.5 Å². The molecular formula is C16H14O2. The van der Waals surface area contributed by atoms with Crippen molar-refractivity contribution in [1.82, 2.24) is 0 Å². The molecule has 0 atom stereocenters. The summed E-state index contributed by atoms with van der Waals surface area (Å²) in [4.78, 5) is 11.8. The lowest BCUT2D eigenvalue weighted by Crippen LogP contribution is -2.03. The molecule has 0 bridgehead atoms. The van der Waals surface area contributed by atoms with Gasteiger partial charge in [0.05, 0.1) is 5.56 Å². The molecule has 2 nitrogen and oxygen atoms in total. The maximum Gasteiger partial charge on any atom is 0.343 e. The van der Waals surface area contributed by atoms with Crippen molar-refractivity contribution in [2.45, 2.75) is 6.92 Å². The van der Waals surface area contributed by atoms with E-state index in [4.69, 9.17) is 4.74 Å². The molecule has 0 fully saturated rings. The molecule has 0 aliphatic heterocycles. The van der Waals surface area contributed by atoms with Crippen LogP contribution in [0.4, 0.5) is 0 Å². The van der Waals surface area contributed by atoms with E-state index in [1.54, 1.807) is 19.1 Å². The fourth-order valence-electron chi connectivity index (χ4n) is 1.59. The Morgan fingerprint density at radius 1 is 0.944 bits per heavy atom. The van der Waals surface area contributed by atoms with Gasteiger partial charge in [-0.05, 0) is 30.7 Å². The highest BCUT2D eigenvalue weighted by molar-refractivity contribution is 5.90. The van der Waals surface area contributed by atoms with Crippen LogP contribution in [0, 0.1) is 0 Å². The topological polar surface area (TPSA) is 26.3 Å². The minimum atomic E-state index is -0.333. The number of ether oxygens (including phenoxy) is 1. The third-order valence-corrected chi connectivity index (χ3v) is 2.43. The predicted molar refractivity (Wildman–Crippen MR) is 72.0 cm³/mol. The molecule has 0 radical (unpaired) electrons. The average Bonchev–Trinajstić information content (AvgIpc) is 2.40. The van der Waals surface area contributed by atoms with E-state index in [2.05, 4.69) is 0 Å². The Hall–Kier alpha value is -2.35. The number of allylic oxidation sites excluding steroid dienone is 1. The first-order valence-electron chi connectivity index (χ1n) is 5.76. The Labute approximate surface area is 107 Å². The van der Waals surface area contributed by atoms with E-state index in [0.717, 1.165) is 5.56 Å². The number of hydrogen-bond donors (Lipinski definition) is 0. The summed E-state index contributed by atoms with van der Waals surface area (Å²) in [5, 5.41) is 0. The molecular weight excluding hydrogens is 224 g/mol. The van der Waals surface area contributed by atoms with Crippen LogP contribution >= 0.6 is 0 Å². The van der Waals surface area contributed by atoms with E-state index in [0.29, 0.717) is 11.3 Å². The molecule has 0 aromatic heterocycles. The summed E-state index contributed by atoms with van der Waals surface area (Å²) < 4.78 is 5.26. The van der Waals surface area contributed by atoms with Gasteiger partial charge in [-0.25, -0.2) is 4.79 Å². The normalized spacial score (nSPS) is 11.1. The van der Waals surface area contributed by atoms with Gasteiger partial charge >= 0.3 is 5.97 Å². The summed E-state index contributed by atoms with van der Waals surface area (Å²) in [5.74, 6) is 0.246. The van der Waals surface area contributed by atoms with Crippen molar-refractivity contribution in [2.75, 3.05) is 0 Å². The summed E-state index contributed by atoms with van der Waals surface area (Å²) in [5.41, 5.74) is 1.56. The monoisotopic (exact) mass is 238 g/mol. The number of rotatable bonds is 3. The Balaban J connectivity index is 2.06. The molecule has 0 spiro atoms. The van der Waals surface area contributed by atoms with Crippen molar-refractivity contribution in [3.8, 4) is 0 Å². The zero-order valence-corrected chi connectivity index (χ0v) is 10.2. The third-order valence-electron chi connectivity index (χ3n) is 2.43. The minimum absolute atomic E-state index is 0.333. The number of hydrogen-bond acceptors (Lipinski definition) is 2. The SMILES string of the molecule is CC(=Cc1ccccc1)OC(=O)c1ccccc1. The van der Waals surface area contributed by atoms with E-state index in [9.17, 15) is 4.79 Å². The Morgan fingerprint density at radius 2 is 1.50 bits per heavy atom. The summed E-state index contributed by atoms with van der Waals surface area (Å²) in [7, 11) is 0. The highest BCUT2D eigenvalue weighted by Gasteiger charge is 2.06. The van der Waals surface area contributed by atoms with Crippen molar-refractivity contribution in [3.63, 3.8) is 0 Å². The van der Waals surface area contributed by atoms with Crippen LogP contribution in [0.15, 0.2) is 66.4 Å². The second-order valence-corrected chi connectivity index (χ2v) is 3.92. The van der Waals surface area contributed by atoms with E-state index < -0.39 is 0 Å². The van der Waals surface area contributed by atoms with Gasteiger partial charge in [-0.3, -0.25) is 0 Å². The van der Waals surface area contributed by atoms with Crippen LogP contribution in [-0.2, 0) is 4.74 Å². The van der Waals surface area contributed by atoms with Crippen LogP contribution in [0.3, 0.4) is 0 Å². The zero-order valence-electron chi connectivity index (χ0n) is 10.2. The lowest BCUT2D eigenvalue weighted by atomic mass is 10.2. The molecule has 2 aromatic rings. The van der Waals surface area contributed by atoms with E-state index in [1.807, 2.05) is 54.6 Å². The Kier molecular flexibility index (Phi) is 3.92. The van der Waals surface area contributed by atoms with Crippen LogP contribution < -0.4 is 0 Å². The molecule has 0 saturated carbocycles. The summed E-state index contributed by atoms with van der Waals surface area (Å²) in [6, 6.07) is 18.7. The van der Waals surface area contributed by atoms with Crippen LogP contribution in [0.25, 0.3) is 6.08 Å². The van der Waals surface area contributed by atoms with E-state index >= 15 is 0 Å². The predicted octanol–water partition coefficient (Wildman–Crippen LogP) is 3.90. The first kappa shape index (κ1) is 12.1. The van der Waals surface area contributed by atoms with Crippen LogP contribution in [0.1, 0.15) is 22.8 Å². The molecule has 0 aliphatic carbocycles. The first-order chi connectivity index (χ1) is 8.75. The summed E-state index contributed by atoms with van der Waals surface area (Å²) >= 11 is 0. The van der Waals surface area contributed by atoms with Crippen LogP contribution in [0.5, 0.6) is 0 Å². The third kappa shape index (κ3) is 3.32. The zero-order chi connectivity index (χ0) is 12.8. The van der Waals surface area contributed by atoms with Crippen molar-refractivity contribution in [3.05, 3.63) is 77.5 Å². The largest absolute Gasteiger partial charge is 0.428 e. The van der Waals surface area contributed by atoms with Gasteiger partial charge in [0.2, 0.25) is 0 Å². The van der Waals surface area contributed by atoms with Gasteiger partial charge in [0, 0.05) is 0 Å². The second-order valence-electron chi connectivity index (χ2n) is 3.92. The van der Waals surface area contributed by atoms with Crippen molar-refractivity contribution < 1.29 is 9.53 Å². The molecule has 18 heavy (non-hydrogen) atoms. The quantitative estimate of drug-likeness (QED) is 0.598. The number of carbonyl (C=O) groups excluding carboxylic acids is 1. The summed E-state index contributed by atoms with van der Waals surface area (Å²) in [6.45, 7) is 1.77. The van der Waals surface area contributed by atoms with E-state index in [-0.39, 0.29) is 5.97 Å². The van der Waals surface area contributed by atoms with Gasteiger partial charge in [0.25, 0.3) is 0 Å². The van der Waals surface area contributed by atoms with Gasteiger partial charge < -0.3 is 4.74 Å². The van der Waals surface area contributed by atoms with Gasteiger partial charge in [0.1, 0.15) is 5.76 Å². The summed E-state index contributed by atoms with van der Waals surface area (Å²) in [6.07, 6.45) is 1.83. The lowest BCUT2D eigenvalue weighted by molar-refractivity contribution is 0.0629. The average molecular weight is 238 g/mol. The molecule has 2 heteroatoms. The molecule has 0 saturated heterocycles. The number of esters is 1. The molecule has 2 aromatic carbocycles. The fraction of sp³-hybridized carbons (Fsp3) is 0.0625. The van der Waals surface area contributed by atoms with Gasteiger partial charge in [0.15, 0.2) is 0 Å².